The Morgan fingerprint density at radius 3 is 2.50 bits per heavy atom. The van der Waals surface area contributed by atoms with Crippen molar-refractivity contribution in [3.63, 3.8) is 0 Å². The maximum Gasteiger partial charge on any atom is 0.306 e. The van der Waals surface area contributed by atoms with Crippen LogP contribution in [0.3, 0.4) is 0 Å². The van der Waals surface area contributed by atoms with Gasteiger partial charge in [-0.1, -0.05) is 83.3 Å². The zero-order valence-electron chi connectivity index (χ0n) is 25.5. The smallest absolute Gasteiger partial charge is 0.306 e. The maximum absolute atomic E-state index is 13.5. The number of hydrogen-bond donors (Lipinski definition) is 3. The number of aliphatic hydroxyl groups is 3. The van der Waals surface area contributed by atoms with Gasteiger partial charge in [0.15, 0.2) is 11.4 Å². The first-order chi connectivity index (χ1) is 20.0. The van der Waals surface area contributed by atoms with Gasteiger partial charge in [0.25, 0.3) is 0 Å². The van der Waals surface area contributed by atoms with Crippen LogP contribution in [0.25, 0.3) is 0 Å². The van der Waals surface area contributed by atoms with E-state index < -0.39 is 70.9 Å². The highest BCUT2D eigenvalue weighted by Gasteiger charge is 2.88. The standard InChI is InChI=1S/C34H48O8/c1-6-7-8-9-10-11-12-13-14-15-16-17-32-40-27-25-28-31(20-35,39-28)29(37)33(38)24(18-22(4)26(33)36)34(25,42-32)23(5)19-30(27,41-32)21(2)3/h14-18,23-25,27-29,35,37-38H,2,6-13,19-20H2,1,3-5H3/t23?,24-,25-,27-,28+,29-,30-,31+,32-,33-,34?/m1/s1. The van der Waals surface area contributed by atoms with Crippen molar-refractivity contribution in [3.8, 4) is 0 Å². The van der Waals surface area contributed by atoms with Gasteiger partial charge in [-0.2, -0.15) is 0 Å². The Hall–Kier alpha value is -1.65. The maximum atomic E-state index is 13.5. The van der Waals surface area contributed by atoms with Crippen molar-refractivity contribution < 1.29 is 39.1 Å². The van der Waals surface area contributed by atoms with Crippen molar-refractivity contribution in [2.75, 3.05) is 6.61 Å². The quantitative estimate of drug-likeness (QED) is 0.134. The normalized spacial score (nSPS) is 48.4. The zero-order chi connectivity index (χ0) is 30.1. The van der Waals surface area contributed by atoms with Gasteiger partial charge in [0.05, 0.1) is 12.2 Å². The fourth-order valence-corrected chi connectivity index (χ4v) is 8.98. The lowest BCUT2D eigenvalue weighted by atomic mass is 9.54. The molecule has 11 atom stereocenters. The lowest BCUT2D eigenvalue weighted by molar-refractivity contribution is -0.406. The van der Waals surface area contributed by atoms with Crippen molar-refractivity contribution in [2.45, 2.75) is 132 Å². The Kier molecular flexibility index (Phi) is 7.57. The Morgan fingerprint density at radius 2 is 1.81 bits per heavy atom. The predicted molar refractivity (Wildman–Crippen MR) is 156 cm³/mol. The molecule has 8 heteroatoms. The lowest BCUT2D eigenvalue weighted by Gasteiger charge is -2.59. The molecule has 3 bridgehead atoms. The highest BCUT2D eigenvalue weighted by Crippen LogP contribution is 2.72. The second-order valence-corrected chi connectivity index (χ2v) is 13.7. The number of ether oxygens (including phenoxy) is 4. The molecule has 2 unspecified atom stereocenters. The molecule has 0 aromatic carbocycles. The molecule has 3 aliphatic carbocycles. The van der Waals surface area contributed by atoms with Gasteiger partial charge >= 0.3 is 5.97 Å². The number of carbonyl (C=O) groups excluding carboxylic acids is 1. The average molecular weight is 585 g/mol. The molecule has 42 heavy (non-hydrogen) atoms. The van der Waals surface area contributed by atoms with Gasteiger partial charge in [0.2, 0.25) is 0 Å². The summed E-state index contributed by atoms with van der Waals surface area (Å²) in [4.78, 5) is 13.5. The van der Waals surface area contributed by atoms with Gasteiger partial charge in [-0.05, 0) is 50.2 Å². The number of unbranched alkanes of at least 4 members (excludes halogenated alkanes) is 7. The summed E-state index contributed by atoms with van der Waals surface area (Å²) >= 11 is 0. The van der Waals surface area contributed by atoms with Gasteiger partial charge in [0.1, 0.15) is 29.5 Å². The highest BCUT2D eigenvalue weighted by molar-refractivity contribution is 6.05. The van der Waals surface area contributed by atoms with E-state index in [1.54, 1.807) is 19.1 Å². The van der Waals surface area contributed by atoms with E-state index in [4.69, 9.17) is 18.9 Å². The van der Waals surface area contributed by atoms with Crippen LogP contribution in [0, 0.1) is 17.8 Å². The minimum atomic E-state index is -2.22. The Morgan fingerprint density at radius 1 is 1.10 bits per heavy atom. The number of aliphatic hydroxyl groups excluding tert-OH is 2. The van der Waals surface area contributed by atoms with E-state index in [9.17, 15) is 20.1 Å². The third-order valence-corrected chi connectivity index (χ3v) is 11.2. The molecule has 6 rings (SSSR count). The third kappa shape index (κ3) is 3.95. The van der Waals surface area contributed by atoms with Gasteiger partial charge in [-0.25, -0.2) is 0 Å². The van der Waals surface area contributed by atoms with Crippen LogP contribution in [0.15, 0.2) is 48.1 Å². The molecule has 6 aliphatic rings. The fourth-order valence-electron chi connectivity index (χ4n) is 8.98. The van der Waals surface area contributed by atoms with Crippen molar-refractivity contribution in [1.82, 2.24) is 0 Å². The van der Waals surface area contributed by atoms with Crippen LogP contribution in [-0.2, 0) is 23.7 Å². The number of Topliss-reactive ketones (excluding diaryl/α,β-unsaturated/α-hetero) is 1. The van der Waals surface area contributed by atoms with Crippen molar-refractivity contribution in [3.05, 3.63) is 48.1 Å². The van der Waals surface area contributed by atoms with Crippen LogP contribution in [0.2, 0.25) is 0 Å². The molecule has 3 N–H and O–H groups in total. The van der Waals surface area contributed by atoms with Crippen LogP contribution in [0.1, 0.15) is 85.5 Å². The molecule has 232 valence electrons. The van der Waals surface area contributed by atoms with E-state index in [1.807, 2.05) is 26.0 Å². The minimum absolute atomic E-state index is 0.236. The van der Waals surface area contributed by atoms with Crippen molar-refractivity contribution in [2.24, 2.45) is 17.8 Å². The number of rotatable bonds is 12. The number of hydrogen-bond acceptors (Lipinski definition) is 8. The molecule has 0 aromatic rings. The summed E-state index contributed by atoms with van der Waals surface area (Å²) in [5.41, 5.74) is -4.66. The molecule has 0 amide bonds. The Balaban J connectivity index is 1.31. The number of fused-ring (bicyclic) bond motifs is 3. The summed E-state index contributed by atoms with van der Waals surface area (Å²) in [5.74, 6) is -3.80. The summed E-state index contributed by atoms with van der Waals surface area (Å²) in [5, 5.41) is 34.2. The second kappa shape index (κ2) is 10.5. The lowest BCUT2D eigenvalue weighted by Crippen LogP contribution is -2.72. The van der Waals surface area contributed by atoms with Gasteiger partial charge in [0, 0.05) is 17.9 Å². The first-order valence-corrected chi connectivity index (χ1v) is 16.0. The molecule has 3 heterocycles. The molecule has 0 aromatic heterocycles. The van der Waals surface area contributed by atoms with Crippen LogP contribution in [0.4, 0.5) is 0 Å². The van der Waals surface area contributed by atoms with Gasteiger partial charge in [-0.15, -0.1) is 0 Å². The van der Waals surface area contributed by atoms with E-state index in [2.05, 4.69) is 19.6 Å². The van der Waals surface area contributed by atoms with Crippen molar-refractivity contribution >= 4 is 5.78 Å². The molecule has 3 saturated heterocycles. The molecular formula is C34H48O8. The zero-order valence-corrected chi connectivity index (χ0v) is 25.5. The van der Waals surface area contributed by atoms with Gasteiger partial charge < -0.3 is 34.3 Å². The average Bonchev–Trinajstić information content (AvgIpc) is 3.60. The largest absolute Gasteiger partial charge is 0.393 e. The summed E-state index contributed by atoms with van der Waals surface area (Å²) in [6.07, 6.45) is 16.9. The van der Waals surface area contributed by atoms with E-state index in [1.165, 1.54) is 38.5 Å². The molecule has 2 saturated carbocycles. The van der Waals surface area contributed by atoms with Crippen LogP contribution in [-0.4, -0.2) is 74.4 Å². The van der Waals surface area contributed by atoms with E-state index in [0.29, 0.717) is 12.0 Å². The van der Waals surface area contributed by atoms with E-state index >= 15 is 0 Å². The first-order valence-electron chi connectivity index (χ1n) is 16.0. The summed E-state index contributed by atoms with van der Waals surface area (Å²) < 4.78 is 26.5. The summed E-state index contributed by atoms with van der Waals surface area (Å²) in [7, 11) is 0. The highest BCUT2D eigenvalue weighted by atomic mass is 16.9. The van der Waals surface area contributed by atoms with E-state index in [-0.39, 0.29) is 5.92 Å². The predicted octanol–water partition coefficient (Wildman–Crippen LogP) is 4.43. The van der Waals surface area contributed by atoms with Crippen molar-refractivity contribution in [1.29, 1.82) is 0 Å². The van der Waals surface area contributed by atoms with Crippen LogP contribution < -0.4 is 0 Å². The molecule has 5 fully saturated rings. The Bertz CT molecular complexity index is 1210. The third-order valence-electron chi connectivity index (χ3n) is 11.2. The van der Waals surface area contributed by atoms with E-state index in [0.717, 1.165) is 18.4 Å². The monoisotopic (exact) mass is 584 g/mol. The summed E-state index contributed by atoms with van der Waals surface area (Å²) in [6, 6.07) is 0. The number of carbonyl (C=O) groups is 1. The van der Waals surface area contributed by atoms with Crippen LogP contribution >= 0.6 is 0 Å². The molecular weight excluding hydrogens is 536 g/mol. The summed E-state index contributed by atoms with van der Waals surface area (Å²) in [6.45, 7) is 11.6. The minimum Gasteiger partial charge on any atom is -0.393 e. The first kappa shape index (κ1) is 30.4. The number of allylic oxidation sites excluding steroid dienone is 3. The fraction of sp³-hybridized carbons (Fsp3) is 0.735. The molecule has 8 nitrogen and oxygen atoms in total. The topological polar surface area (TPSA) is 118 Å². The number of ketones is 1. The molecule has 0 radical (unpaired) electrons. The second-order valence-electron chi connectivity index (χ2n) is 13.7. The number of epoxide rings is 1. The molecule has 0 spiro atoms. The van der Waals surface area contributed by atoms with Crippen LogP contribution in [0.5, 0.6) is 0 Å². The van der Waals surface area contributed by atoms with Gasteiger partial charge in [-0.3, -0.25) is 4.79 Å². The Labute approximate surface area is 249 Å². The SMILES string of the molecule is C=C(C)[C@]12CC(C)C34O[C@](C=CC=CCCCCCCCCC)(O[C@@H]1[C@@H]3[C@@H]1O[C@]1(CO)[C@@H](O)[C@]1(O)C(=O)C(C)=C[C@@H]41)O2. The molecule has 3 aliphatic heterocycles.